The van der Waals surface area contributed by atoms with Crippen molar-refractivity contribution in [1.82, 2.24) is 10.3 Å². The number of carbonyl (C=O) groups is 1. The molecule has 3 nitrogen and oxygen atoms in total. The van der Waals surface area contributed by atoms with Crippen molar-refractivity contribution in [2.45, 2.75) is 37.0 Å². The Morgan fingerprint density at radius 2 is 1.76 bits per heavy atom. The van der Waals surface area contributed by atoms with E-state index in [0.717, 1.165) is 16.0 Å². The van der Waals surface area contributed by atoms with Crippen molar-refractivity contribution in [2.75, 3.05) is 0 Å². The number of thioether (sulfide) groups is 1. The predicted molar refractivity (Wildman–Crippen MR) is 87.6 cm³/mol. The average Bonchev–Trinajstić information content (AvgIpc) is 2.48. The van der Waals surface area contributed by atoms with E-state index >= 15 is 0 Å². The maximum Gasteiger partial charge on any atom is 0.252 e. The molecule has 0 aliphatic rings. The van der Waals surface area contributed by atoms with Crippen molar-refractivity contribution in [1.29, 1.82) is 0 Å². The number of hydrogen-bond acceptors (Lipinski definition) is 3. The Hall–Kier alpha value is -1.81. The molecule has 1 amide bonds. The summed E-state index contributed by atoms with van der Waals surface area (Å²) in [5, 5.41) is 3.49. The van der Waals surface area contributed by atoms with Gasteiger partial charge < -0.3 is 5.32 Å². The SMILES string of the molecule is CC(C)Sc1ccccc1C(=O)N[C@@H](C)c1ccncc1. The smallest absolute Gasteiger partial charge is 0.252 e. The summed E-state index contributed by atoms with van der Waals surface area (Å²) < 4.78 is 0. The number of benzene rings is 1. The van der Waals surface area contributed by atoms with Crippen LogP contribution in [0.25, 0.3) is 0 Å². The lowest BCUT2D eigenvalue weighted by molar-refractivity contribution is 0.0937. The van der Waals surface area contributed by atoms with E-state index in [-0.39, 0.29) is 11.9 Å². The van der Waals surface area contributed by atoms with Crippen LogP contribution >= 0.6 is 11.8 Å². The van der Waals surface area contributed by atoms with Crippen LogP contribution in [0.3, 0.4) is 0 Å². The normalized spacial score (nSPS) is 12.2. The molecule has 1 aromatic carbocycles. The fourth-order valence-electron chi connectivity index (χ4n) is 2.02. The molecule has 0 aliphatic heterocycles. The second-order valence-electron chi connectivity index (χ2n) is 5.14. The van der Waals surface area contributed by atoms with E-state index < -0.39 is 0 Å². The average molecular weight is 300 g/mol. The number of nitrogens with zero attached hydrogens (tertiary/aromatic N) is 1. The Morgan fingerprint density at radius 1 is 1.10 bits per heavy atom. The monoisotopic (exact) mass is 300 g/mol. The van der Waals surface area contributed by atoms with E-state index in [2.05, 4.69) is 24.1 Å². The molecule has 0 saturated heterocycles. The quantitative estimate of drug-likeness (QED) is 0.846. The molecule has 1 heterocycles. The first kappa shape index (κ1) is 15.6. The Balaban J connectivity index is 2.14. The molecule has 4 heteroatoms. The minimum Gasteiger partial charge on any atom is -0.345 e. The summed E-state index contributed by atoms with van der Waals surface area (Å²) in [5.41, 5.74) is 1.78. The highest BCUT2D eigenvalue weighted by molar-refractivity contribution is 8.00. The van der Waals surface area contributed by atoms with Crippen LogP contribution in [0.2, 0.25) is 0 Å². The van der Waals surface area contributed by atoms with Crippen LogP contribution in [-0.2, 0) is 0 Å². The highest BCUT2D eigenvalue weighted by Gasteiger charge is 2.15. The molecule has 0 radical (unpaired) electrons. The largest absolute Gasteiger partial charge is 0.345 e. The highest BCUT2D eigenvalue weighted by Crippen LogP contribution is 2.26. The van der Waals surface area contributed by atoms with Gasteiger partial charge in [0, 0.05) is 22.5 Å². The third kappa shape index (κ3) is 4.33. The minimum absolute atomic E-state index is 0.0388. The van der Waals surface area contributed by atoms with Crippen LogP contribution < -0.4 is 5.32 Å². The topological polar surface area (TPSA) is 42.0 Å². The molecule has 2 aromatic rings. The summed E-state index contributed by atoms with van der Waals surface area (Å²) in [4.78, 5) is 17.5. The van der Waals surface area contributed by atoms with Crippen molar-refractivity contribution in [3.05, 3.63) is 59.9 Å². The predicted octanol–water partition coefficient (Wildman–Crippen LogP) is 4.07. The van der Waals surface area contributed by atoms with Gasteiger partial charge in [-0.2, -0.15) is 0 Å². The third-order valence-corrected chi connectivity index (χ3v) is 4.13. The van der Waals surface area contributed by atoms with Gasteiger partial charge in [-0.15, -0.1) is 11.8 Å². The molecule has 2 rings (SSSR count). The molecule has 0 spiro atoms. The molecular weight excluding hydrogens is 280 g/mol. The lowest BCUT2D eigenvalue weighted by Gasteiger charge is -2.16. The van der Waals surface area contributed by atoms with Gasteiger partial charge in [-0.05, 0) is 36.8 Å². The first-order valence-electron chi connectivity index (χ1n) is 7.04. The lowest BCUT2D eigenvalue weighted by atomic mass is 10.1. The van der Waals surface area contributed by atoms with E-state index in [4.69, 9.17) is 0 Å². The van der Waals surface area contributed by atoms with Crippen LogP contribution in [0.5, 0.6) is 0 Å². The van der Waals surface area contributed by atoms with Gasteiger partial charge in [0.2, 0.25) is 0 Å². The van der Waals surface area contributed by atoms with E-state index in [1.807, 2.05) is 43.3 Å². The highest BCUT2D eigenvalue weighted by atomic mass is 32.2. The number of hydrogen-bond donors (Lipinski definition) is 1. The molecule has 0 fully saturated rings. The van der Waals surface area contributed by atoms with Gasteiger partial charge in [0.05, 0.1) is 11.6 Å². The molecule has 1 N–H and O–H groups in total. The zero-order valence-corrected chi connectivity index (χ0v) is 13.4. The minimum atomic E-state index is -0.0439. The van der Waals surface area contributed by atoms with Gasteiger partial charge in [-0.1, -0.05) is 26.0 Å². The Labute approximate surface area is 130 Å². The second kappa shape index (κ2) is 7.27. The molecule has 21 heavy (non-hydrogen) atoms. The van der Waals surface area contributed by atoms with Gasteiger partial charge in [-0.25, -0.2) is 0 Å². The van der Waals surface area contributed by atoms with Crippen LogP contribution in [0, 0.1) is 0 Å². The van der Waals surface area contributed by atoms with Gasteiger partial charge in [-0.3, -0.25) is 9.78 Å². The molecule has 0 unspecified atom stereocenters. The van der Waals surface area contributed by atoms with Gasteiger partial charge in [0.1, 0.15) is 0 Å². The number of amides is 1. The first-order valence-corrected chi connectivity index (χ1v) is 7.92. The Morgan fingerprint density at radius 3 is 2.43 bits per heavy atom. The Kier molecular flexibility index (Phi) is 5.39. The summed E-state index contributed by atoms with van der Waals surface area (Å²) in [7, 11) is 0. The maximum atomic E-state index is 12.5. The maximum absolute atomic E-state index is 12.5. The molecule has 0 saturated carbocycles. The van der Waals surface area contributed by atoms with Crippen LogP contribution in [0.1, 0.15) is 42.7 Å². The summed E-state index contributed by atoms with van der Waals surface area (Å²) in [6.45, 7) is 6.23. The van der Waals surface area contributed by atoms with Crippen LogP contribution in [-0.4, -0.2) is 16.1 Å². The third-order valence-electron chi connectivity index (χ3n) is 3.05. The zero-order valence-electron chi connectivity index (χ0n) is 12.5. The molecule has 1 atom stereocenters. The second-order valence-corrected chi connectivity index (χ2v) is 6.76. The van der Waals surface area contributed by atoms with Crippen LogP contribution in [0.15, 0.2) is 53.7 Å². The zero-order chi connectivity index (χ0) is 15.2. The standard InChI is InChI=1S/C17H20N2OS/c1-12(2)21-16-7-5-4-6-15(16)17(20)19-13(3)14-8-10-18-11-9-14/h4-13H,1-3H3,(H,19,20)/t13-/m0/s1. The fraction of sp³-hybridized carbons (Fsp3) is 0.294. The fourth-order valence-corrected chi connectivity index (χ4v) is 2.97. The van der Waals surface area contributed by atoms with Gasteiger partial charge >= 0.3 is 0 Å². The number of aromatic nitrogens is 1. The van der Waals surface area contributed by atoms with Crippen molar-refractivity contribution >= 4 is 17.7 Å². The van der Waals surface area contributed by atoms with Gasteiger partial charge in [0.25, 0.3) is 5.91 Å². The van der Waals surface area contributed by atoms with E-state index in [9.17, 15) is 4.79 Å². The summed E-state index contributed by atoms with van der Waals surface area (Å²) in [6.07, 6.45) is 3.47. The molecule has 0 aliphatic carbocycles. The van der Waals surface area contributed by atoms with Crippen LogP contribution in [0.4, 0.5) is 0 Å². The summed E-state index contributed by atoms with van der Waals surface area (Å²) in [6, 6.07) is 11.5. The number of nitrogens with one attached hydrogen (secondary N) is 1. The Bertz CT molecular complexity index is 599. The number of pyridine rings is 1. The number of rotatable bonds is 5. The molecule has 1 aromatic heterocycles. The van der Waals surface area contributed by atoms with Crippen molar-refractivity contribution in [3.8, 4) is 0 Å². The molecular formula is C17H20N2OS. The van der Waals surface area contributed by atoms with Crippen molar-refractivity contribution < 1.29 is 4.79 Å². The van der Waals surface area contributed by atoms with E-state index in [0.29, 0.717) is 5.25 Å². The molecule has 110 valence electrons. The van der Waals surface area contributed by atoms with Crippen molar-refractivity contribution in [2.24, 2.45) is 0 Å². The van der Waals surface area contributed by atoms with Crippen molar-refractivity contribution in [3.63, 3.8) is 0 Å². The molecule has 0 bridgehead atoms. The first-order chi connectivity index (χ1) is 10.1. The van der Waals surface area contributed by atoms with E-state index in [1.165, 1.54) is 0 Å². The number of carbonyl (C=O) groups excluding carboxylic acids is 1. The summed E-state index contributed by atoms with van der Waals surface area (Å²) >= 11 is 1.71. The van der Waals surface area contributed by atoms with E-state index in [1.54, 1.807) is 24.2 Å². The van der Waals surface area contributed by atoms with Gasteiger partial charge in [0.15, 0.2) is 0 Å². The lowest BCUT2D eigenvalue weighted by Crippen LogP contribution is -2.27. The summed E-state index contributed by atoms with van der Waals surface area (Å²) in [5.74, 6) is -0.0388.